The van der Waals surface area contributed by atoms with Gasteiger partial charge in [-0.2, -0.15) is 0 Å². The normalized spacial score (nSPS) is 15.5. The number of aromatic nitrogens is 2. The van der Waals surface area contributed by atoms with Gasteiger partial charge in [0.1, 0.15) is 12.4 Å². The van der Waals surface area contributed by atoms with Gasteiger partial charge in [-0.3, -0.25) is 9.59 Å². The van der Waals surface area contributed by atoms with Gasteiger partial charge in [0.25, 0.3) is 0 Å². The third-order valence-corrected chi connectivity index (χ3v) is 7.48. The minimum Gasteiger partial charge on any atom is -0.356 e. The van der Waals surface area contributed by atoms with E-state index in [1.807, 2.05) is 59.5 Å². The molecule has 0 spiro atoms. The molecule has 1 saturated heterocycles. The Hall–Kier alpha value is -3.93. The quantitative estimate of drug-likeness (QED) is 0.308. The van der Waals surface area contributed by atoms with Gasteiger partial charge in [-0.1, -0.05) is 66.7 Å². The molecule has 1 aromatic heterocycles. The van der Waals surface area contributed by atoms with Gasteiger partial charge in [-0.15, -0.1) is 0 Å². The first-order chi connectivity index (χ1) is 18.6. The molecule has 1 N–H and O–H groups in total. The summed E-state index contributed by atoms with van der Waals surface area (Å²) in [5.41, 5.74) is 5.20. The molecule has 2 amide bonds. The van der Waals surface area contributed by atoms with Crippen molar-refractivity contribution in [3.8, 4) is 11.1 Å². The number of rotatable bonds is 9. The number of imidazole rings is 1. The van der Waals surface area contributed by atoms with Crippen molar-refractivity contribution in [1.82, 2.24) is 19.8 Å². The molecule has 1 aliphatic heterocycles. The molecule has 38 heavy (non-hydrogen) atoms. The van der Waals surface area contributed by atoms with Crippen LogP contribution in [0.5, 0.6) is 0 Å². The molecule has 5 rings (SSSR count). The second-order valence-corrected chi connectivity index (χ2v) is 10.2. The molecule has 1 atom stereocenters. The molecule has 3 aromatic carbocycles. The lowest BCUT2D eigenvalue weighted by molar-refractivity contribution is -0.135. The third-order valence-electron chi connectivity index (χ3n) is 7.48. The van der Waals surface area contributed by atoms with Crippen LogP contribution in [0.25, 0.3) is 22.2 Å². The van der Waals surface area contributed by atoms with Crippen LogP contribution in [0.2, 0.25) is 0 Å². The Bertz CT molecular complexity index is 1380. The molecule has 6 nitrogen and oxygen atoms in total. The molecular formula is C32H36N4O2. The topological polar surface area (TPSA) is 67.2 Å². The Kier molecular flexibility index (Phi) is 8.17. The number of benzene rings is 3. The summed E-state index contributed by atoms with van der Waals surface area (Å²) < 4.78 is 2.06. The van der Waals surface area contributed by atoms with Crippen molar-refractivity contribution in [3.05, 3.63) is 90.3 Å². The SMILES string of the molecule is CC1CCCCN1C(=O)Cn1c(CCCNC(=O)Cc2ccc(-c3ccccc3)cc2)nc2ccccc21. The number of amides is 2. The fraction of sp³-hybridized carbons (Fsp3) is 0.344. The van der Waals surface area contributed by atoms with Gasteiger partial charge in [-0.25, -0.2) is 4.98 Å². The van der Waals surface area contributed by atoms with Crippen LogP contribution in [-0.2, 0) is 29.0 Å². The van der Waals surface area contributed by atoms with E-state index in [9.17, 15) is 9.59 Å². The lowest BCUT2D eigenvalue weighted by atomic mass is 10.0. The smallest absolute Gasteiger partial charge is 0.242 e. The van der Waals surface area contributed by atoms with Crippen LogP contribution in [0.4, 0.5) is 0 Å². The summed E-state index contributed by atoms with van der Waals surface area (Å²) in [7, 11) is 0. The van der Waals surface area contributed by atoms with Gasteiger partial charge in [0, 0.05) is 25.6 Å². The maximum Gasteiger partial charge on any atom is 0.242 e. The minimum absolute atomic E-state index is 0.0141. The standard InChI is InChI=1S/C32H36N4O2/c1-24-10-7-8-21-35(24)32(38)23-36-29-14-6-5-13-28(29)34-30(36)15-9-20-33-31(37)22-25-16-18-27(19-17-25)26-11-3-2-4-12-26/h2-6,11-14,16-19,24H,7-10,15,20-23H2,1H3,(H,33,37). The summed E-state index contributed by atoms with van der Waals surface area (Å²) in [6.45, 7) is 3.86. The van der Waals surface area contributed by atoms with Crippen LogP contribution < -0.4 is 5.32 Å². The lowest BCUT2D eigenvalue weighted by Crippen LogP contribution is -2.43. The highest BCUT2D eigenvalue weighted by atomic mass is 16.2. The summed E-state index contributed by atoms with van der Waals surface area (Å²) in [6, 6.07) is 26.7. The van der Waals surface area contributed by atoms with E-state index in [0.29, 0.717) is 32.0 Å². The number of carbonyl (C=O) groups is 2. The maximum atomic E-state index is 13.2. The zero-order valence-corrected chi connectivity index (χ0v) is 22.1. The van der Waals surface area contributed by atoms with Gasteiger partial charge >= 0.3 is 0 Å². The molecule has 1 fully saturated rings. The number of nitrogens with zero attached hydrogens (tertiary/aromatic N) is 3. The first-order valence-electron chi connectivity index (χ1n) is 13.7. The van der Waals surface area contributed by atoms with Gasteiger partial charge in [-0.05, 0) is 61.4 Å². The van der Waals surface area contributed by atoms with E-state index in [2.05, 4.69) is 41.1 Å². The van der Waals surface area contributed by atoms with E-state index in [-0.39, 0.29) is 11.8 Å². The number of carbonyl (C=O) groups excluding carboxylic acids is 2. The second kappa shape index (κ2) is 12.1. The molecule has 1 aliphatic rings. The predicted octanol–water partition coefficient (Wildman–Crippen LogP) is 5.40. The molecule has 196 valence electrons. The molecule has 4 aromatic rings. The van der Waals surface area contributed by atoms with Crippen molar-refractivity contribution in [2.45, 2.75) is 58.0 Å². The Morgan fingerprint density at radius 2 is 1.66 bits per heavy atom. The van der Waals surface area contributed by atoms with E-state index in [0.717, 1.165) is 53.8 Å². The van der Waals surface area contributed by atoms with E-state index in [1.165, 1.54) is 12.0 Å². The third kappa shape index (κ3) is 6.13. The number of aryl methyl sites for hydroxylation is 1. The van der Waals surface area contributed by atoms with Crippen molar-refractivity contribution in [2.24, 2.45) is 0 Å². The summed E-state index contributed by atoms with van der Waals surface area (Å²) in [5, 5.41) is 3.05. The first-order valence-corrected chi connectivity index (χ1v) is 13.7. The summed E-state index contributed by atoms with van der Waals surface area (Å²) in [5.74, 6) is 1.07. The average molecular weight is 509 g/mol. The van der Waals surface area contributed by atoms with E-state index in [1.54, 1.807) is 0 Å². The van der Waals surface area contributed by atoms with E-state index in [4.69, 9.17) is 4.98 Å². The van der Waals surface area contributed by atoms with Crippen LogP contribution >= 0.6 is 0 Å². The molecular weight excluding hydrogens is 472 g/mol. The summed E-state index contributed by atoms with van der Waals surface area (Å²) >= 11 is 0. The van der Waals surface area contributed by atoms with Crippen LogP contribution in [0, 0.1) is 0 Å². The summed E-state index contributed by atoms with van der Waals surface area (Å²) in [4.78, 5) is 32.6. The highest BCUT2D eigenvalue weighted by molar-refractivity contribution is 5.81. The number of piperidine rings is 1. The van der Waals surface area contributed by atoms with Crippen molar-refractivity contribution in [1.29, 1.82) is 0 Å². The van der Waals surface area contributed by atoms with Gasteiger partial charge in [0.15, 0.2) is 0 Å². The fourth-order valence-electron chi connectivity index (χ4n) is 5.36. The molecule has 1 unspecified atom stereocenters. The Morgan fingerprint density at radius 3 is 2.45 bits per heavy atom. The predicted molar refractivity (Wildman–Crippen MR) is 152 cm³/mol. The minimum atomic E-state index is 0.0141. The number of likely N-dealkylation sites (tertiary alicyclic amines) is 1. The largest absolute Gasteiger partial charge is 0.356 e. The molecule has 6 heteroatoms. The van der Waals surface area contributed by atoms with Crippen LogP contribution in [0.3, 0.4) is 0 Å². The molecule has 0 saturated carbocycles. The van der Waals surface area contributed by atoms with Crippen molar-refractivity contribution in [2.75, 3.05) is 13.1 Å². The van der Waals surface area contributed by atoms with Gasteiger partial charge < -0.3 is 14.8 Å². The van der Waals surface area contributed by atoms with E-state index >= 15 is 0 Å². The highest BCUT2D eigenvalue weighted by Crippen LogP contribution is 2.21. The van der Waals surface area contributed by atoms with E-state index < -0.39 is 0 Å². The van der Waals surface area contributed by atoms with Gasteiger partial charge in [0.05, 0.1) is 17.5 Å². The number of hydrogen-bond donors (Lipinski definition) is 1. The Labute approximate surface area is 224 Å². The van der Waals surface area contributed by atoms with Crippen LogP contribution in [-0.4, -0.2) is 45.4 Å². The number of fused-ring (bicyclic) bond motifs is 1. The maximum absolute atomic E-state index is 13.2. The van der Waals surface area contributed by atoms with Crippen LogP contribution in [0.15, 0.2) is 78.9 Å². The Balaban J connectivity index is 1.15. The molecule has 0 radical (unpaired) electrons. The number of hydrogen-bond acceptors (Lipinski definition) is 3. The molecule has 0 aliphatic carbocycles. The fourth-order valence-corrected chi connectivity index (χ4v) is 5.36. The van der Waals surface area contributed by atoms with Gasteiger partial charge in [0.2, 0.25) is 11.8 Å². The zero-order chi connectivity index (χ0) is 26.3. The first kappa shape index (κ1) is 25.7. The average Bonchev–Trinajstić information content (AvgIpc) is 3.29. The summed E-state index contributed by atoms with van der Waals surface area (Å²) in [6.07, 6.45) is 5.15. The second-order valence-electron chi connectivity index (χ2n) is 10.2. The zero-order valence-electron chi connectivity index (χ0n) is 22.1. The molecule has 2 heterocycles. The number of para-hydroxylation sites is 2. The lowest BCUT2D eigenvalue weighted by Gasteiger charge is -2.33. The van der Waals surface area contributed by atoms with Crippen molar-refractivity contribution >= 4 is 22.8 Å². The molecule has 0 bridgehead atoms. The Morgan fingerprint density at radius 1 is 0.921 bits per heavy atom. The number of nitrogens with one attached hydrogen (secondary N) is 1. The van der Waals surface area contributed by atoms with Crippen molar-refractivity contribution < 1.29 is 9.59 Å². The monoisotopic (exact) mass is 508 g/mol. The van der Waals surface area contributed by atoms with Crippen LogP contribution in [0.1, 0.15) is 44.0 Å². The highest BCUT2D eigenvalue weighted by Gasteiger charge is 2.24. The van der Waals surface area contributed by atoms with Crippen molar-refractivity contribution in [3.63, 3.8) is 0 Å².